The van der Waals surface area contributed by atoms with Gasteiger partial charge in [0.2, 0.25) is 0 Å². The van der Waals surface area contributed by atoms with Gasteiger partial charge in [0.15, 0.2) is 0 Å². The molecule has 4 rings (SSSR count). The van der Waals surface area contributed by atoms with Crippen molar-refractivity contribution in [1.82, 2.24) is 5.32 Å². The van der Waals surface area contributed by atoms with Gasteiger partial charge >= 0.3 is 0 Å². The summed E-state index contributed by atoms with van der Waals surface area (Å²) in [6.45, 7) is 9.64. The zero-order chi connectivity index (χ0) is 21.5. The lowest BCUT2D eigenvalue weighted by atomic mass is 9.68. The van der Waals surface area contributed by atoms with Crippen LogP contribution >= 0.6 is 0 Å². The summed E-state index contributed by atoms with van der Waals surface area (Å²) >= 11 is 0. The Balaban J connectivity index is 1.92. The molecule has 1 fully saturated rings. The molecule has 30 heavy (non-hydrogen) atoms. The summed E-state index contributed by atoms with van der Waals surface area (Å²) in [4.78, 5) is 15.3. The maximum absolute atomic E-state index is 14.6. The van der Waals surface area contributed by atoms with Crippen molar-refractivity contribution < 1.29 is 13.6 Å². The van der Waals surface area contributed by atoms with Crippen LogP contribution < -0.4 is 10.2 Å². The largest absolute Gasteiger partial charge is 0.317 e. The maximum Gasteiger partial charge on any atom is 0.264 e. The van der Waals surface area contributed by atoms with E-state index in [4.69, 9.17) is 0 Å². The second-order valence-electron chi connectivity index (χ2n) is 8.51. The van der Waals surface area contributed by atoms with Crippen LogP contribution in [0.4, 0.5) is 14.5 Å². The lowest BCUT2D eigenvalue weighted by molar-refractivity contribution is 0.0953. The van der Waals surface area contributed by atoms with Gasteiger partial charge in [0.1, 0.15) is 17.2 Å². The Kier molecular flexibility index (Phi) is 5.49. The molecule has 2 aliphatic rings. The number of anilines is 1. The highest BCUT2D eigenvalue weighted by Crippen LogP contribution is 2.53. The summed E-state index contributed by atoms with van der Waals surface area (Å²) in [6, 6.07) is 7.61. The van der Waals surface area contributed by atoms with Crippen LogP contribution in [0.15, 0.2) is 43.0 Å². The fraction of sp³-hybridized carbons (Fsp3) is 0.400. The van der Waals surface area contributed by atoms with Crippen molar-refractivity contribution in [3.05, 3.63) is 76.9 Å². The molecule has 2 heterocycles. The number of rotatable bonds is 4. The monoisotopic (exact) mass is 410 g/mol. The van der Waals surface area contributed by atoms with Crippen LogP contribution in [-0.4, -0.2) is 25.0 Å². The van der Waals surface area contributed by atoms with Crippen molar-refractivity contribution >= 4 is 11.6 Å². The van der Waals surface area contributed by atoms with E-state index in [-0.39, 0.29) is 11.5 Å². The Hall–Kier alpha value is -2.53. The molecule has 158 valence electrons. The molecule has 1 spiro atoms. The van der Waals surface area contributed by atoms with Crippen LogP contribution in [0.2, 0.25) is 0 Å². The average molecular weight is 411 g/mol. The molecule has 0 saturated carbocycles. The molecule has 2 aromatic carbocycles. The van der Waals surface area contributed by atoms with E-state index >= 15 is 0 Å². The summed E-state index contributed by atoms with van der Waals surface area (Å²) in [5.41, 5.74) is 3.46. The number of allylic oxidation sites excluding steroid dienone is 1. The van der Waals surface area contributed by atoms with Crippen molar-refractivity contribution in [2.75, 3.05) is 18.0 Å². The minimum atomic E-state index is -0.820. The predicted octanol–water partition coefficient (Wildman–Crippen LogP) is 5.20. The number of benzene rings is 2. The van der Waals surface area contributed by atoms with Crippen LogP contribution in [0.25, 0.3) is 0 Å². The van der Waals surface area contributed by atoms with E-state index in [9.17, 15) is 13.6 Å². The molecular weight excluding hydrogens is 382 g/mol. The molecule has 0 radical (unpaired) electrons. The van der Waals surface area contributed by atoms with Crippen LogP contribution in [0.5, 0.6) is 0 Å². The SMILES string of the molecule is C=CCC[C@H]1N(C(=O)c2c(F)cccc2F)c2cc(C)c(C)cc2C12CCNCC2. The smallest absolute Gasteiger partial charge is 0.264 e. The van der Waals surface area contributed by atoms with Gasteiger partial charge in [-0.3, -0.25) is 4.79 Å². The van der Waals surface area contributed by atoms with E-state index in [1.807, 2.05) is 19.1 Å². The van der Waals surface area contributed by atoms with E-state index in [2.05, 4.69) is 24.9 Å². The van der Waals surface area contributed by atoms with Crippen LogP contribution in [0, 0.1) is 25.5 Å². The third kappa shape index (κ3) is 3.16. The van der Waals surface area contributed by atoms with Crippen molar-refractivity contribution in [2.45, 2.75) is 51.0 Å². The number of hydrogen-bond acceptors (Lipinski definition) is 2. The van der Waals surface area contributed by atoms with Crippen LogP contribution in [0.1, 0.15) is 52.7 Å². The van der Waals surface area contributed by atoms with Crippen molar-refractivity contribution in [3.8, 4) is 0 Å². The van der Waals surface area contributed by atoms with Crippen LogP contribution in [-0.2, 0) is 5.41 Å². The number of nitrogens with one attached hydrogen (secondary N) is 1. The molecule has 2 aromatic rings. The van der Waals surface area contributed by atoms with Gasteiger partial charge in [0, 0.05) is 17.1 Å². The lowest BCUT2D eigenvalue weighted by Crippen LogP contribution is -2.52. The van der Waals surface area contributed by atoms with Gasteiger partial charge in [-0.05, 0) is 87.5 Å². The first-order valence-corrected chi connectivity index (χ1v) is 10.6. The molecule has 0 aliphatic carbocycles. The molecule has 1 atom stereocenters. The highest BCUT2D eigenvalue weighted by molar-refractivity contribution is 6.08. The molecular formula is C25H28F2N2O. The fourth-order valence-electron chi connectivity index (χ4n) is 5.22. The number of carbonyl (C=O) groups excluding carboxylic acids is 1. The lowest BCUT2D eigenvalue weighted by Gasteiger charge is -2.42. The van der Waals surface area contributed by atoms with Gasteiger partial charge in [0.05, 0.1) is 0 Å². The normalized spacial score (nSPS) is 19.7. The maximum atomic E-state index is 14.6. The minimum Gasteiger partial charge on any atom is -0.317 e. The molecule has 5 heteroatoms. The first-order valence-electron chi connectivity index (χ1n) is 10.6. The van der Waals surface area contributed by atoms with Gasteiger partial charge in [-0.15, -0.1) is 6.58 Å². The number of nitrogens with zero attached hydrogens (tertiary/aromatic N) is 1. The first kappa shape index (κ1) is 20.7. The zero-order valence-corrected chi connectivity index (χ0v) is 17.6. The Labute approximate surface area is 176 Å². The van der Waals surface area contributed by atoms with Gasteiger partial charge in [-0.2, -0.15) is 0 Å². The predicted molar refractivity (Wildman–Crippen MR) is 116 cm³/mol. The quantitative estimate of drug-likeness (QED) is 0.703. The Morgan fingerprint density at radius 1 is 1.20 bits per heavy atom. The molecule has 2 aliphatic heterocycles. The zero-order valence-electron chi connectivity index (χ0n) is 17.6. The Morgan fingerprint density at radius 3 is 2.47 bits per heavy atom. The van der Waals surface area contributed by atoms with Crippen molar-refractivity contribution in [2.24, 2.45) is 0 Å². The number of carbonyl (C=O) groups is 1. The highest BCUT2D eigenvalue weighted by atomic mass is 19.1. The molecule has 0 bridgehead atoms. The molecule has 1 N–H and O–H groups in total. The Morgan fingerprint density at radius 2 is 1.83 bits per heavy atom. The van der Waals surface area contributed by atoms with Crippen molar-refractivity contribution in [1.29, 1.82) is 0 Å². The van der Waals surface area contributed by atoms with E-state index in [1.165, 1.54) is 11.6 Å². The molecule has 0 aromatic heterocycles. The second-order valence-corrected chi connectivity index (χ2v) is 8.51. The summed E-state index contributed by atoms with van der Waals surface area (Å²) in [5, 5.41) is 3.42. The minimum absolute atomic E-state index is 0.166. The molecule has 1 saturated heterocycles. The summed E-state index contributed by atoms with van der Waals surface area (Å²) in [5.74, 6) is -2.24. The van der Waals surface area contributed by atoms with E-state index < -0.39 is 23.1 Å². The first-order chi connectivity index (χ1) is 14.4. The van der Waals surface area contributed by atoms with E-state index in [1.54, 1.807) is 4.90 Å². The number of fused-ring (bicyclic) bond motifs is 2. The Bertz CT molecular complexity index is 975. The standard InChI is InChI=1S/C25H28F2N2O/c1-4-5-9-22-25(10-12-28-13-11-25)18-14-16(2)17(3)15-21(18)29(22)24(30)23-19(26)7-6-8-20(23)27/h4,6-8,14-15,22,28H,1,5,9-13H2,2-3H3/t22-/m1/s1. The number of halogens is 2. The highest BCUT2D eigenvalue weighted by Gasteiger charge is 2.53. The van der Waals surface area contributed by atoms with Gasteiger partial charge < -0.3 is 10.2 Å². The average Bonchev–Trinajstić information content (AvgIpc) is 2.95. The van der Waals surface area contributed by atoms with E-state index in [0.717, 1.165) is 61.3 Å². The van der Waals surface area contributed by atoms with Gasteiger partial charge in [-0.1, -0.05) is 18.2 Å². The molecule has 3 nitrogen and oxygen atoms in total. The molecule has 0 unspecified atom stereocenters. The summed E-state index contributed by atoms with van der Waals surface area (Å²) < 4.78 is 29.1. The summed E-state index contributed by atoms with van der Waals surface area (Å²) in [7, 11) is 0. The third-order valence-electron chi connectivity index (χ3n) is 6.89. The van der Waals surface area contributed by atoms with E-state index in [0.29, 0.717) is 6.42 Å². The molecule has 1 amide bonds. The number of aryl methyl sites for hydroxylation is 2. The number of hydrogen-bond donors (Lipinski definition) is 1. The van der Waals surface area contributed by atoms with Crippen LogP contribution in [0.3, 0.4) is 0 Å². The number of amides is 1. The topological polar surface area (TPSA) is 32.3 Å². The van der Waals surface area contributed by atoms with Gasteiger partial charge in [0.25, 0.3) is 5.91 Å². The van der Waals surface area contributed by atoms with Crippen molar-refractivity contribution in [3.63, 3.8) is 0 Å². The third-order valence-corrected chi connectivity index (χ3v) is 6.89. The summed E-state index contributed by atoms with van der Waals surface area (Å²) in [6.07, 6.45) is 5.05. The number of piperidine rings is 1. The van der Waals surface area contributed by atoms with Gasteiger partial charge in [-0.25, -0.2) is 8.78 Å². The second kappa shape index (κ2) is 7.95. The fourth-order valence-corrected chi connectivity index (χ4v) is 5.22.